The molecule has 0 saturated carbocycles. The van der Waals surface area contributed by atoms with E-state index in [1.807, 2.05) is 24.3 Å². The van der Waals surface area contributed by atoms with Gasteiger partial charge < -0.3 is 14.8 Å². The van der Waals surface area contributed by atoms with E-state index in [4.69, 9.17) is 21.1 Å². The second-order valence-electron chi connectivity index (χ2n) is 6.86. The van der Waals surface area contributed by atoms with Crippen LogP contribution >= 0.6 is 27.5 Å². The highest BCUT2D eigenvalue weighted by molar-refractivity contribution is 9.10. The predicted molar refractivity (Wildman–Crippen MR) is 96.8 cm³/mol. The average Bonchev–Trinajstić information content (AvgIpc) is 2.44. The number of alkyl halides is 1. The van der Waals surface area contributed by atoms with Crippen molar-refractivity contribution in [2.45, 2.75) is 46.3 Å². The zero-order valence-electron chi connectivity index (χ0n) is 14.5. The molecule has 24 heavy (non-hydrogen) atoms. The van der Waals surface area contributed by atoms with Crippen molar-refractivity contribution in [3.8, 4) is 0 Å². The maximum Gasteiger partial charge on any atom is 0.408 e. The third kappa shape index (κ3) is 5.67. The van der Waals surface area contributed by atoms with Gasteiger partial charge in [0.2, 0.25) is 0 Å². The van der Waals surface area contributed by atoms with E-state index in [9.17, 15) is 9.59 Å². The van der Waals surface area contributed by atoms with Crippen LogP contribution in [-0.2, 0) is 14.3 Å². The number of ether oxygens (including phenoxy) is 2. The quantitative estimate of drug-likeness (QED) is 0.550. The molecule has 0 aromatic heterocycles. The minimum Gasteiger partial charge on any atom is -0.449 e. The molecular weight excluding hydrogens is 398 g/mol. The smallest absolute Gasteiger partial charge is 0.408 e. The molecule has 0 saturated heterocycles. The Labute approximate surface area is 156 Å². The summed E-state index contributed by atoms with van der Waals surface area (Å²) in [4.78, 5) is 24.6. The first kappa shape index (κ1) is 20.8. The molecule has 0 fully saturated rings. The number of hydrogen-bond donors (Lipinski definition) is 1. The SMILES string of the molecule is CC(C)(C)OC(=O)NC(c1ccccc1Br)C(C)(C)C(=O)OCCl. The zero-order valence-corrected chi connectivity index (χ0v) is 16.8. The highest BCUT2D eigenvalue weighted by atomic mass is 79.9. The molecule has 134 valence electrons. The Morgan fingerprint density at radius 1 is 1.21 bits per heavy atom. The number of carbonyl (C=O) groups excluding carboxylic acids is 2. The van der Waals surface area contributed by atoms with Gasteiger partial charge in [0.15, 0.2) is 6.07 Å². The van der Waals surface area contributed by atoms with E-state index in [1.54, 1.807) is 34.6 Å². The van der Waals surface area contributed by atoms with Gasteiger partial charge in [-0.25, -0.2) is 4.79 Å². The van der Waals surface area contributed by atoms with Crippen LogP contribution in [0.4, 0.5) is 4.79 Å². The molecule has 0 spiro atoms. The Morgan fingerprint density at radius 2 is 1.79 bits per heavy atom. The van der Waals surface area contributed by atoms with E-state index in [-0.39, 0.29) is 6.07 Å². The van der Waals surface area contributed by atoms with Gasteiger partial charge in [0.25, 0.3) is 0 Å². The fourth-order valence-corrected chi connectivity index (χ4v) is 2.75. The fraction of sp³-hybridized carbons (Fsp3) is 0.529. The lowest BCUT2D eigenvalue weighted by Crippen LogP contribution is -2.45. The molecule has 1 rings (SSSR count). The normalized spacial score (nSPS) is 13.1. The first-order chi connectivity index (χ1) is 11.0. The van der Waals surface area contributed by atoms with Gasteiger partial charge >= 0.3 is 12.1 Å². The zero-order chi connectivity index (χ0) is 18.5. The van der Waals surface area contributed by atoms with Crippen LogP contribution in [0.3, 0.4) is 0 Å². The first-order valence-electron chi connectivity index (χ1n) is 7.46. The summed E-state index contributed by atoms with van der Waals surface area (Å²) in [5.74, 6) is -0.519. The van der Waals surface area contributed by atoms with Crippen molar-refractivity contribution in [2.75, 3.05) is 6.07 Å². The van der Waals surface area contributed by atoms with Crippen LogP contribution in [0.15, 0.2) is 28.7 Å². The summed E-state index contributed by atoms with van der Waals surface area (Å²) in [6.07, 6.45) is -0.616. The molecule has 0 radical (unpaired) electrons. The average molecular weight is 421 g/mol. The molecule has 0 heterocycles. The van der Waals surface area contributed by atoms with Crippen molar-refractivity contribution < 1.29 is 19.1 Å². The van der Waals surface area contributed by atoms with Crippen molar-refractivity contribution in [3.63, 3.8) is 0 Å². The van der Waals surface area contributed by atoms with Gasteiger partial charge in [-0.2, -0.15) is 0 Å². The van der Waals surface area contributed by atoms with Gasteiger partial charge in [0.1, 0.15) is 5.60 Å². The molecular formula is C17H23BrClNO4. The van der Waals surface area contributed by atoms with Crippen LogP contribution in [-0.4, -0.2) is 23.7 Å². The third-order valence-corrected chi connectivity index (χ3v) is 4.14. The second-order valence-corrected chi connectivity index (χ2v) is 7.94. The highest BCUT2D eigenvalue weighted by Gasteiger charge is 2.41. The van der Waals surface area contributed by atoms with E-state index < -0.39 is 29.1 Å². The molecule has 1 aromatic rings. The van der Waals surface area contributed by atoms with Gasteiger partial charge in [-0.1, -0.05) is 45.7 Å². The molecule has 0 aliphatic carbocycles. The maximum atomic E-state index is 12.3. The fourth-order valence-electron chi connectivity index (χ4n) is 2.13. The third-order valence-electron chi connectivity index (χ3n) is 3.31. The number of benzene rings is 1. The highest BCUT2D eigenvalue weighted by Crippen LogP contribution is 2.38. The molecule has 5 nitrogen and oxygen atoms in total. The van der Waals surface area contributed by atoms with Gasteiger partial charge in [-0.3, -0.25) is 4.79 Å². The molecule has 1 amide bonds. The van der Waals surface area contributed by atoms with Crippen LogP contribution in [0.2, 0.25) is 0 Å². The minimum atomic E-state index is -1.06. The Balaban J connectivity index is 3.20. The number of carbonyl (C=O) groups is 2. The van der Waals surface area contributed by atoms with Crippen molar-refractivity contribution in [1.82, 2.24) is 5.32 Å². The monoisotopic (exact) mass is 419 g/mol. The predicted octanol–water partition coefficient (Wildman–Crippen LogP) is 4.78. The number of rotatable bonds is 5. The summed E-state index contributed by atoms with van der Waals surface area (Å²) in [5.41, 5.74) is -0.973. The van der Waals surface area contributed by atoms with Crippen LogP contribution in [0.5, 0.6) is 0 Å². The molecule has 1 atom stereocenters. The number of nitrogens with one attached hydrogen (secondary N) is 1. The van der Waals surface area contributed by atoms with Crippen molar-refractivity contribution in [1.29, 1.82) is 0 Å². The van der Waals surface area contributed by atoms with E-state index in [0.29, 0.717) is 0 Å². The van der Waals surface area contributed by atoms with E-state index >= 15 is 0 Å². The molecule has 0 aliphatic rings. The van der Waals surface area contributed by atoms with Gasteiger partial charge in [0, 0.05) is 4.47 Å². The van der Waals surface area contributed by atoms with E-state index in [0.717, 1.165) is 10.0 Å². The number of amides is 1. The summed E-state index contributed by atoms with van der Waals surface area (Å²) < 4.78 is 11.0. The van der Waals surface area contributed by atoms with Crippen LogP contribution in [0, 0.1) is 5.41 Å². The first-order valence-corrected chi connectivity index (χ1v) is 8.79. The Bertz CT molecular complexity index is 598. The summed E-state index contributed by atoms with van der Waals surface area (Å²) in [6, 6.07) is 6.41. The van der Waals surface area contributed by atoms with Gasteiger partial charge in [-0.15, -0.1) is 0 Å². The van der Waals surface area contributed by atoms with Crippen LogP contribution < -0.4 is 5.32 Å². The van der Waals surface area contributed by atoms with E-state index in [1.165, 1.54) is 0 Å². The summed E-state index contributed by atoms with van der Waals surface area (Å²) >= 11 is 8.97. The van der Waals surface area contributed by atoms with Crippen LogP contribution in [0.1, 0.15) is 46.2 Å². The number of alkyl carbamates (subject to hydrolysis) is 1. The van der Waals surface area contributed by atoms with Gasteiger partial charge in [0.05, 0.1) is 11.5 Å². The molecule has 7 heteroatoms. The van der Waals surface area contributed by atoms with Gasteiger partial charge in [-0.05, 0) is 46.2 Å². The molecule has 1 aromatic carbocycles. The Morgan fingerprint density at radius 3 is 2.29 bits per heavy atom. The van der Waals surface area contributed by atoms with Crippen molar-refractivity contribution in [3.05, 3.63) is 34.3 Å². The standard InChI is InChI=1S/C17H23BrClNO4/c1-16(2,3)24-15(22)20-13(11-8-6-7-9-12(11)18)17(4,5)14(21)23-10-19/h6-9,13H,10H2,1-5H3,(H,20,22). The van der Waals surface area contributed by atoms with Crippen LogP contribution in [0.25, 0.3) is 0 Å². The lowest BCUT2D eigenvalue weighted by Gasteiger charge is -2.34. The molecule has 1 unspecified atom stereocenters. The Kier molecular flexibility index (Phi) is 7.10. The lowest BCUT2D eigenvalue weighted by atomic mass is 9.80. The van der Waals surface area contributed by atoms with E-state index in [2.05, 4.69) is 21.2 Å². The Hall–Kier alpha value is -1.27. The lowest BCUT2D eigenvalue weighted by molar-refractivity contribution is -0.153. The summed E-state index contributed by atoms with van der Waals surface area (Å²) in [6.45, 7) is 8.68. The summed E-state index contributed by atoms with van der Waals surface area (Å²) in [7, 11) is 0. The van der Waals surface area contributed by atoms with Crippen molar-refractivity contribution >= 4 is 39.6 Å². The van der Waals surface area contributed by atoms with Crippen molar-refractivity contribution in [2.24, 2.45) is 5.41 Å². The molecule has 0 bridgehead atoms. The summed E-state index contributed by atoms with van der Waals surface area (Å²) in [5, 5.41) is 2.78. The maximum absolute atomic E-state index is 12.3. The second kappa shape index (κ2) is 8.21. The number of halogens is 2. The molecule has 0 aliphatic heterocycles. The molecule has 1 N–H and O–H groups in total. The minimum absolute atomic E-state index is 0.253. The largest absolute Gasteiger partial charge is 0.449 e. The topological polar surface area (TPSA) is 64.6 Å². The number of esters is 1. The number of hydrogen-bond acceptors (Lipinski definition) is 4.